The number of amides is 1. The summed E-state index contributed by atoms with van der Waals surface area (Å²) in [5.74, 6) is -6.86. The predicted octanol–water partition coefficient (Wildman–Crippen LogP) is 3.95. The molecule has 1 aliphatic rings. The normalized spacial score (nSPS) is 26.0. The molecule has 154 valence electrons. The van der Waals surface area contributed by atoms with Crippen molar-refractivity contribution < 1.29 is 26.7 Å². The molecule has 0 aliphatic carbocycles. The van der Waals surface area contributed by atoms with E-state index in [0.29, 0.717) is 0 Å². The standard InChI is InChI=1S/C19H17F5N4O/c1-17(22)9-19(23,24)18(2,28-16(17)25)12-7-11(4-5-13(12)21)27-15(29)14-6-3-10(20)8-26-14/h3-8H,9H2,1-2H3,(H2,25,28)(H,27,29). The minimum atomic E-state index is -3.76. The Morgan fingerprint density at radius 2 is 1.83 bits per heavy atom. The van der Waals surface area contributed by atoms with Gasteiger partial charge in [-0.1, -0.05) is 0 Å². The Morgan fingerprint density at radius 3 is 2.45 bits per heavy atom. The van der Waals surface area contributed by atoms with Crippen molar-refractivity contribution in [2.24, 2.45) is 10.7 Å². The number of halogens is 5. The summed E-state index contributed by atoms with van der Waals surface area (Å²) in [5, 5.41) is 2.37. The molecule has 1 aliphatic heterocycles. The average molecular weight is 412 g/mol. The van der Waals surface area contributed by atoms with Crippen LogP contribution in [0.25, 0.3) is 0 Å². The Balaban J connectivity index is 2.00. The number of pyridine rings is 1. The van der Waals surface area contributed by atoms with Gasteiger partial charge in [0, 0.05) is 11.3 Å². The molecule has 3 rings (SSSR count). The number of amidine groups is 1. The van der Waals surface area contributed by atoms with Gasteiger partial charge in [-0.05, 0) is 44.2 Å². The molecule has 1 amide bonds. The van der Waals surface area contributed by atoms with E-state index in [1.54, 1.807) is 0 Å². The zero-order chi connectivity index (χ0) is 21.6. The lowest BCUT2D eigenvalue weighted by Crippen LogP contribution is -2.56. The Kier molecular flexibility index (Phi) is 4.84. The number of nitrogens with zero attached hydrogens (tertiary/aromatic N) is 2. The van der Waals surface area contributed by atoms with Crippen molar-refractivity contribution in [3.63, 3.8) is 0 Å². The fraction of sp³-hybridized carbons (Fsp3) is 0.316. The van der Waals surface area contributed by atoms with Gasteiger partial charge in [0.15, 0.2) is 11.2 Å². The van der Waals surface area contributed by atoms with Crippen molar-refractivity contribution in [2.45, 2.75) is 37.4 Å². The molecule has 1 aromatic carbocycles. The van der Waals surface area contributed by atoms with Crippen LogP contribution in [0.15, 0.2) is 41.5 Å². The van der Waals surface area contributed by atoms with Crippen LogP contribution < -0.4 is 11.1 Å². The van der Waals surface area contributed by atoms with Crippen molar-refractivity contribution in [3.05, 3.63) is 59.4 Å². The van der Waals surface area contributed by atoms with Gasteiger partial charge < -0.3 is 11.1 Å². The minimum Gasteiger partial charge on any atom is -0.385 e. The van der Waals surface area contributed by atoms with Crippen LogP contribution in [0.4, 0.5) is 27.6 Å². The topological polar surface area (TPSA) is 80.4 Å². The Morgan fingerprint density at radius 1 is 1.14 bits per heavy atom. The summed E-state index contributed by atoms with van der Waals surface area (Å²) in [5.41, 5.74) is -0.244. The van der Waals surface area contributed by atoms with E-state index in [9.17, 15) is 26.7 Å². The summed E-state index contributed by atoms with van der Waals surface area (Å²) in [4.78, 5) is 19.4. The van der Waals surface area contributed by atoms with Gasteiger partial charge in [-0.2, -0.15) is 0 Å². The van der Waals surface area contributed by atoms with Gasteiger partial charge in [0.05, 0.1) is 12.6 Å². The van der Waals surface area contributed by atoms with Crippen molar-refractivity contribution in [1.82, 2.24) is 4.98 Å². The first-order valence-corrected chi connectivity index (χ1v) is 8.51. The second-order valence-electron chi connectivity index (χ2n) is 7.16. The van der Waals surface area contributed by atoms with Gasteiger partial charge in [-0.15, -0.1) is 0 Å². The van der Waals surface area contributed by atoms with Gasteiger partial charge in [0.2, 0.25) is 0 Å². The Hall–Kier alpha value is -3.04. The number of carbonyl (C=O) groups excluding carboxylic acids is 1. The molecule has 5 nitrogen and oxygen atoms in total. The van der Waals surface area contributed by atoms with Crippen molar-refractivity contribution in [1.29, 1.82) is 0 Å². The number of hydrogen-bond acceptors (Lipinski definition) is 4. The van der Waals surface area contributed by atoms with E-state index in [0.717, 1.165) is 50.4 Å². The maximum Gasteiger partial charge on any atom is 0.280 e. The molecule has 0 saturated heterocycles. The summed E-state index contributed by atoms with van der Waals surface area (Å²) < 4.78 is 71.2. The first-order valence-electron chi connectivity index (χ1n) is 8.51. The van der Waals surface area contributed by atoms with Crippen LogP contribution in [0, 0.1) is 11.6 Å². The van der Waals surface area contributed by atoms with Gasteiger partial charge in [-0.25, -0.2) is 26.9 Å². The number of rotatable bonds is 3. The molecule has 3 N–H and O–H groups in total. The SMILES string of the molecule is CC1(F)CC(F)(F)C(C)(c2cc(NC(=O)c3ccc(F)cn3)ccc2F)N=C1N. The molecule has 0 radical (unpaired) electrons. The predicted molar refractivity (Wildman–Crippen MR) is 96.6 cm³/mol. The number of nitrogens with two attached hydrogens (primary N) is 1. The number of aliphatic imine (C=N–C) groups is 1. The lowest BCUT2D eigenvalue weighted by molar-refractivity contribution is -0.106. The minimum absolute atomic E-state index is 0.0306. The van der Waals surface area contributed by atoms with Gasteiger partial charge in [0.1, 0.15) is 23.2 Å². The highest BCUT2D eigenvalue weighted by Crippen LogP contribution is 2.50. The number of nitrogens with one attached hydrogen (secondary N) is 1. The zero-order valence-electron chi connectivity index (χ0n) is 15.4. The molecule has 2 unspecified atom stereocenters. The lowest BCUT2D eigenvalue weighted by atomic mass is 9.77. The van der Waals surface area contributed by atoms with E-state index in [-0.39, 0.29) is 11.4 Å². The number of benzene rings is 1. The molecule has 2 atom stereocenters. The molecule has 0 fully saturated rings. The van der Waals surface area contributed by atoms with E-state index < -0.39 is 52.5 Å². The second-order valence-corrected chi connectivity index (χ2v) is 7.16. The van der Waals surface area contributed by atoms with E-state index in [1.807, 2.05) is 0 Å². The van der Waals surface area contributed by atoms with Gasteiger partial charge in [-0.3, -0.25) is 9.79 Å². The van der Waals surface area contributed by atoms with Crippen LogP contribution in [0.2, 0.25) is 0 Å². The fourth-order valence-corrected chi connectivity index (χ4v) is 3.06. The molecular formula is C19H17F5N4O. The summed E-state index contributed by atoms with van der Waals surface area (Å²) >= 11 is 0. The third-order valence-electron chi connectivity index (χ3n) is 4.85. The third kappa shape index (κ3) is 3.66. The van der Waals surface area contributed by atoms with Crippen LogP contribution in [0.3, 0.4) is 0 Å². The summed E-state index contributed by atoms with van der Waals surface area (Å²) in [7, 11) is 0. The molecule has 0 bridgehead atoms. The monoisotopic (exact) mass is 412 g/mol. The first kappa shape index (κ1) is 20.7. The van der Waals surface area contributed by atoms with Crippen LogP contribution in [-0.2, 0) is 5.54 Å². The van der Waals surface area contributed by atoms with Crippen LogP contribution >= 0.6 is 0 Å². The summed E-state index contributed by atoms with van der Waals surface area (Å²) in [6.45, 7) is 1.82. The Labute approximate surface area is 162 Å². The van der Waals surface area contributed by atoms with Gasteiger partial charge >= 0.3 is 0 Å². The van der Waals surface area contributed by atoms with Gasteiger partial charge in [0.25, 0.3) is 11.8 Å². The number of aromatic nitrogens is 1. The zero-order valence-corrected chi connectivity index (χ0v) is 15.4. The fourth-order valence-electron chi connectivity index (χ4n) is 3.06. The maximum atomic E-state index is 14.8. The molecule has 2 aromatic rings. The first-order chi connectivity index (χ1) is 13.4. The Bertz CT molecular complexity index is 991. The van der Waals surface area contributed by atoms with Crippen LogP contribution in [-0.4, -0.2) is 28.3 Å². The van der Waals surface area contributed by atoms with E-state index in [2.05, 4.69) is 15.3 Å². The van der Waals surface area contributed by atoms with Crippen molar-refractivity contribution in [3.8, 4) is 0 Å². The molecule has 0 saturated carbocycles. The summed E-state index contributed by atoms with van der Waals surface area (Å²) in [6, 6.07) is 5.14. The van der Waals surface area contributed by atoms with Crippen LogP contribution in [0.5, 0.6) is 0 Å². The number of anilines is 1. The highest BCUT2D eigenvalue weighted by molar-refractivity contribution is 6.02. The smallest absolute Gasteiger partial charge is 0.280 e. The number of carbonyl (C=O) groups is 1. The summed E-state index contributed by atoms with van der Waals surface area (Å²) in [6.07, 6.45) is -0.443. The lowest BCUT2D eigenvalue weighted by Gasteiger charge is -2.42. The largest absolute Gasteiger partial charge is 0.385 e. The van der Waals surface area contributed by atoms with Crippen molar-refractivity contribution in [2.75, 3.05) is 5.32 Å². The molecule has 1 aromatic heterocycles. The highest BCUT2D eigenvalue weighted by Gasteiger charge is 2.60. The number of hydrogen-bond donors (Lipinski definition) is 2. The van der Waals surface area contributed by atoms with Crippen LogP contribution in [0.1, 0.15) is 36.3 Å². The third-order valence-corrected chi connectivity index (χ3v) is 4.85. The van der Waals surface area contributed by atoms with E-state index in [1.165, 1.54) is 0 Å². The molecule has 2 heterocycles. The maximum absolute atomic E-state index is 14.8. The highest BCUT2D eigenvalue weighted by atomic mass is 19.3. The van der Waals surface area contributed by atoms with E-state index >= 15 is 0 Å². The molecule has 0 spiro atoms. The van der Waals surface area contributed by atoms with E-state index in [4.69, 9.17) is 5.73 Å². The molecule has 29 heavy (non-hydrogen) atoms. The average Bonchev–Trinajstić information content (AvgIpc) is 2.61. The second kappa shape index (κ2) is 6.78. The quantitative estimate of drug-likeness (QED) is 0.750. The molecular weight excluding hydrogens is 395 g/mol. The number of alkyl halides is 3. The molecule has 10 heteroatoms. The van der Waals surface area contributed by atoms with Crippen molar-refractivity contribution >= 4 is 17.4 Å².